The summed E-state index contributed by atoms with van der Waals surface area (Å²) in [7, 11) is 0. The van der Waals surface area contributed by atoms with Crippen LogP contribution in [-0.4, -0.2) is 0 Å². The lowest BCUT2D eigenvalue weighted by atomic mass is 9.96. The predicted molar refractivity (Wildman–Crippen MR) is 235 cm³/mol. The van der Waals surface area contributed by atoms with Gasteiger partial charge in [0, 0.05) is 47.6 Å². The molecule has 11 rings (SSSR count). The van der Waals surface area contributed by atoms with Gasteiger partial charge >= 0.3 is 0 Å². The molecule has 2 heterocycles. The zero-order chi connectivity index (χ0) is 35.8. The number of hydrogen-bond donors (Lipinski definition) is 0. The van der Waals surface area contributed by atoms with Gasteiger partial charge in [0.15, 0.2) is 0 Å². The molecule has 0 saturated carbocycles. The summed E-state index contributed by atoms with van der Waals surface area (Å²) in [5.74, 6) is 0. The molecular weight excluding hydrogens is 691 g/mol. The smallest absolute Gasteiger partial charge is 0.0543 e. The van der Waals surface area contributed by atoms with E-state index in [0.717, 1.165) is 23.4 Å². The van der Waals surface area contributed by atoms with Crippen LogP contribution in [0.5, 0.6) is 0 Å². The summed E-state index contributed by atoms with van der Waals surface area (Å²) in [6.07, 6.45) is 5.51. The van der Waals surface area contributed by atoms with Gasteiger partial charge in [0.25, 0.3) is 0 Å². The number of benzene rings is 8. The Kier molecular flexibility index (Phi) is 7.26. The van der Waals surface area contributed by atoms with E-state index in [1.807, 2.05) is 11.3 Å². The van der Waals surface area contributed by atoms with Gasteiger partial charge in [-0.15, -0.1) is 11.3 Å². The van der Waals surface area contributed by atoms with Crippen LogP contribution in [-0.2, 0) is 6.42 Å². The number of allylic oxidation sites excluding steroid dienone is 3. The minimum Gasteiger partial charge on any atom is -0.310 e. The van der Waals surface area contributed by atoms with Gasteiger partial charge < -0.3 is 4.90 Å². The Morgan fingerprint density at radius 2 is 1.28 bits per heavy atom. The van der Waals surface area contributed by atoms with Crippen molar-refractivity contribution in [3.8, 4) is 22.3 Å². The molecule has 9 aromatic rings. The zero-order valence-electron chi connectivity index (χ0n) is 29.4. The van der Waals surface area contributed by atoms with Crippen molar-refractivity contribution >= 4 is 81.8 Å². The van der Waals surface area contributed by atoms with Crippen LogP contribution in [0.25, 0.3) is 69.5 Å². The quantitative estimate of drug-likeness (QED) is 0.178. The number of thioether (sulfide) groups is 1. The fraction of sp³-hybridized carbons (Fsp3) is 0.0196. The number of nitrogens with zero attached hydrogens (tertiary/aromatic N) is 1. The fourth-order valence-corrected chi connectivity index (χ4v) is 10.8. The second-order valence-electron chi connectivity index (χ2n) is 14.1. The molecule has 0 spiro atoms. The van der Waals surface area contributed by atoms with Gasteiger partial charge in [0.1, 0.15) is 0 Å². The lowest BCUT2D eigenvalue weighted by molar-refractivity contribution is 1.20. The second kappa shape index (κ2) is 12.5. The molecule has 54 heavy (non-hydrogen) atoms. The summed E-state index contributed by atoms with van der Waals surface area (Å²) in [4.78, 5) is 3.67. The zero-order valence-corrected chi connectivity index (χ0v) is 31.1. The Labute approximate surface area is 322 Å². The van der Waals surface area contributed by atoms with Crippen LogP contribution in [0.4, 0.5) is 11.4 Å². The maximum atomic E-state index is 4.82. The molecule has 1 nitrogen and oxygen atoms in total. The Balaban J connectivity index is 1.10. The number of thiophene rings is 1. The molecule has 1 aliphatic carbocycles. The van der Waals surface area contributed by atoms with Crippen LogP contribution in [0.3, 0.4) is 0 Å². The molecule has 2 aliphatic rings. The summed E-state index contributed by atoms with van der Waals surface area (Å²) in [6.45, 7) is 4.82. The van der Waals surface area contributed by atoms with Gasteiger partial charge in [0.2, 0.25) is 0 Å². The minimum absolute atomic E-state index is 0.940. The van der Waals surface area contributed by atoms with E-state index in [1.165, 1.54) is 91.2 Å². The molecule has 0 N–H and O–H groups in total. The van der Waals surface area contributed by atoms with Gasteiger partial charge in [-0.2, -0.15) is 0 Å². The largest absolute Gasteiger partial charge is 0.310 e. The topological polar surface area (TPSA) is 3.24 Å². The summed E-state index contributed by atoms with van der Waals surface area (Å²) in [5, 5.41) is 9.94. The summed E-state index contributed by atoms with van der Waals surface area (Å²) >= 11 is 3.67. The highest BCUT2D eigenvalue weighted by atomic mass is 32.2. The maximum absolute atomic E-state index is 4.82. The standard InChI is InChI=1S/C51H33NS2/c1-32-30-39(28-29-53-46-26-27-47-50(48(32)46)44-25-22-34-11-3-7-17-43(34)51(44)54-47)52(45-19-9-14-37-31-36-12-4-6-16-42(36)49(37)45)38-23-20-35(21-24-38)41-18-8-13-33-10-2-5-15-40(33)41/h2-30H,1,31H2/b29-28-,39-30+. The van der Waals surface area contributed by atoms with Crippen molar-refractivity contribution in [1.82, 2.24) is 0 Å². The van der Waals surface area contributed by atoms with Crippen LogP contribution in [0.1, 0.15) is 16.7 Å². The van der Waals surface area contributed by atoms with E-state index in [2.05, 4.69) is 180 Å². The molecule has 0 unspecified atom stereocenters. The molecule has 1 aliphatic heterocycles. The monoisotopic (exact) mass is 723 g/mol. The summed E-state index contributed by atoms with van der Waals surface area (Å²) < 4.78 is 2.63. The first-order valence-electron chi connectivity index (χ1n) is 18.4. The first-order chi connectivity index (χ1) is 26.7. The number of hydrogen-bond acceptors (Lipinski definition) is 3. The van der Waals surface area contributed by atoms with Crippen LogP contribution in [0.15, 0.2) is 192 Å². The van der Waals surface area contributed by atoms with Gasteiger partial charge in [0.05, 0.1) is 5.69 Å². The molecule has 0 radical (unpaired) electrons. The lowest BCUT2D eigenvalue weighted by Gasteiger charge is -2.30. The SMILES string of the molecule is C=C1/C=C(N(c2ccc(-c3cccc4ccccc34)cc2)c2cccc3c2-c2ccccc2C3)\C=C/Sc2ccc3sc4c5ccccc5ccc4c3c21. The van der Waals surface area contributed by atoms with E-state index < -0.39 is 0 Å². The number of fused-ring (bicyclic) bond motifs is 11. The van der Waals surface area contributed by atoms with E-state index in [4.69, 9.17) is 6.58 Å². The van der Waals surface area contributed by atoms with Crippen molar-refractivity contribution in [3.05, 3.63) is 204 Å². The van der Waals surface area contributed by atoms with Crippen molar-refractivity contribution in [2.45, 2.75) is 11.3 Å². The third kappa shape index (κ3) is 4.93. The van der Waals surface area contributed by atoms with Crippen molar-refractivity contribution in [3.63, 3.8) is 0 Å². The third-order valence-electron chi connectivity index (χ3n) is 11.1. The average Bonchev–Trinajstić information content (AvgIpc) is 3.79. The third-order valence-corrected chi connectivity index (χ3v) is 13.2. The van der Waals surface area contributed by atoms with Crippen molar-refractivity contribution in [2.75, 3.05) is 4.90 Å². The van der Waals surface area contributed by atoms with Crippen LogP contribution < -0.4 is 4.90 Å². The minimum atomic E-state index is 0.940. The van der Waals surface area contributed by atoms with Gasteiger partial charge in [-0.1, -0.05) is 146 Å². The second-order valence-corrected chi connectivity index (χ2v) is 16.1. The molecule has 1 aromatic heterocycles. The van der Waals surface area contributed by atoms with Crippen molar-refractivity contribution in [2.24, 2.45) is 0 Å². The number of rotatable bonds is 4. The van der Waals surface area contributed by atoms with E-state index in [0.29, 0.717) is 0 Å². The Morgan fingerprint density at radius 1 is 0.556 bits per heavy atom. The highest BCUT2D eigenvalue weighted by molar-refractivity contribution is 8.02. The van der Waals surface area contributed by atoms with Gasteiger partial charge in [-0.25, -0.2) is 0 Å². The van der Waals surface area contributed by atoms with Crippen LogP contribution in [0, 0.1) is 0 Å². The average molecular weight is 724 g/mol. The molecule has 0 saturated heterocycles. The van der Waals surface area contributed by atoms with Gasteiger partial charge in [-0.05, 0) is 109 Å². The molecule has 3 heteroatoms. The predicted octanol–water partition coefficient (Wildman–Crippen LogP) is 15.0. The molecular formula is C51H33NS2. The van der Waals surface area contributed by atoms with Crippen LogP contribution >= 0.6 is 23.1 Å². The van der Waals surface area contributed by atoms with Gasteiger partial charge in [-0.3, -0.25) is 0 Å². The Bertz CT molecular complexity index is 3060. The molecule has 254 valence electrons. The molecule has 0 atom stereocenters. The molecule has 0 amide bonds. The summed E-state index contributed by atoms with van der Waals surface area (Å²) in [5.41, 5.74) is 13.4. The normalized spacial score (nSPS) is 15.0. The van der Waals surface area contributed by atoms with E-state index in [9.17, 15) is 0 Å². The van der Waals surface area contributed by atoms with Crippen molar-refractivity contribution in [1.29, 1.82) is 0 Å². The van der Waals surface area contributed by atoms with Crippen molar-refractivity contribution < 1.29 is 0 Å². The Morgan fingerprint density at radius 3 is 2.17 bits per heavy atom. The first-order valence-corrected chi connectivity index (χ1v) is 20.1. The maximum Gasteiger partial charge on any atom is 0.0543 e. The fourth-order valence-electron chi connectivity index (χ4n) is 8.66. The van der Waals surface area contributed by atoms with Crippen LogP contribution in [0.2, 0.25) is 0 Å². The first kappa shape index (κ1) is 31.4. The van der Waals surface area contributed by atoms with E-state index >= 15 is 0 Å². The molecule has 0 bridgehead atoms. The molecule has 8 aromatic carbocycles. The number of anilines is 2. The summed E-state index contributed by atoms with van der Waals surface area (Å²) in [6, 6.07) is 57.9. The Hall–Kier alpha value is -6.13. The lowest BCUT2D eigenvalue weighted by Crippen LogP contribution is -2.17. The highest BCUT2D eigenvalue weighted by Crippen LogP contribution is 2.49. The highest BCUT2D eigenvalue weighted by Gasteiger charge is 2.27. The van der Waals surface area contributed by atoms with E-state index in [1.54, 1.807) is 11.8 Å². The molecule has 0 fully saturated rings. The van der Waals surface area contributed by atoms with E-state index in [-0.39, 0.29) is 0 Å².